The Kier molecular flexibility index (Phi) is 33.6. The highest BCUT2D eigenvalue weighted by molar-refractivity contribution is 5.80. The Balaban J connectivity index is 2.42. The summed E-state index contributed by atoms with van der Waals surface area (Å²) in [6.07, 6.45) is 24.1. The van der Waals surface area contributed by atoms with Crippen molar-refractivity contribution in [1.82, 2.24) is 5.32 Å². The molecule has 11 nitrogen and oxygen atoms in total. The van der Waals surface area contributed by atoms with Crippen molar-refractivity contribution < 1.29 is 50.0 Å². The molecule has 1 unspecified atom stereocenters. The summed E-state index contributed by atoms with van der Waals surface area (Å²) in [4.78, 5) is 13.1. The predicted molar refractivity (Wildman–Crippen MR) is 229 cm³/mol. The Hall–Kier alpha value is -1.15. The van der Waals surface area contributed by atoms with Crippen molar-refractivity contribution in [3.8, 4) is 0 Å². The molecule has 0 aromatic rings. The van der Waals surface area contributed by atoms with Gasteiger partial charge >= 0.3 is 0 Å². The Morgan fingerprint density at radius 3 is 1.63 bits per heavy atom. The van der Waals surface area contributed by atoms with Crippen LogP contribution in [0.4, 0.5) is 0 Å². The summed E-state index contributed by atoms with van der Waals surface area (Å²) in [5.74, 6) is 0.0774. The number of amides is 1. The van der Waals surface area contributed by atoms with Gasteiger partial charge in [0.2, 0.25) is 5.91 Å². The van der Waals surface area contributed by atoms with E-state index in [0.29, 0.717) is 19.3 Å². The number of unbranched alkanes of at least 4 members (excludes halogenated alkanes) is 21. The van der Waals surface area contributed by atoms with Crippen LogP contribution in [0.25, 0.3) is 0 Å². The number of carbonyl (C=O) groups excluding carboxylic acids is 1. The molecule has 0 aliphatic carbocycles. The minimum absolute atomic E-state index is 0.259. The van der Waals surface area contributed by atoms with E-state index in [2.05, 4.69) is 38.2 Å². The Morgan fingerprint density at radius 2 is 1.12 bits per heavy atom. The molecule has 1 fully saturated rings. The van der Waals surface area contributed by atoms with Gasteiger partial charge in [-0.05, 0) is 44.4 Å². The smallest absolute Gasteiger partial charge is 0.249 e. The molecule has 8 N–H and O–H groups in total. The van der Waals surface area contributed by atoms with E-state index >= 15 is 0 Å². The van der Waals surface area contributed by atoms with Crippen LogP contribution in [-0.2, 0) is 14.3 Å². The standard InChI is InChI=1S/C46H89NO10/c1-4-6-7-8-9-10-11-12-13-14-15-16-17-18-19-20-23-27-30-33-39(50)45(55)47-37(35-56-46-44(54)43(53)42(52)40(34-48)57-46)41(51)38(49)32-29-26-24-21-22-25-28-31-36(3)5-2/h12-13,36-44,46,48-54H,4-11,14-35H2,1-3H3,(H,47,55)/b13-12-/t36?,37-,38+,39+,40+,41-,42+,43-,44+,46+/m0/s1. The van der Waals surface area contributed by atoms with Crippen LogP contribution in [-0.4, -0.2) is 110 Å². The van der Waals surface area contributed by atoms with Gasteiger partial charge in [0.25, 0.3) is 0 Å². The van der Waals surface area contributed by atoms with Gasteiger partial charge in [-0.15, -0.1) is 0 Å². The van der Waals surface area contributed by atoms with Crippen molar-refractivity contribution in [2.75, 3.05) is 13.2 Å². The first-order valence-electron chi connectivity index (χ1n) is 23.5. The lowest BCUT2D eigenvalue weighted by Gasteiger charge is -2.40. The lowest BCUT2D eigenvalue weighted by Crippen LogP contribution is -2.60. The Bertz CT molecular complexity index is 954. The second-order valence-corrected chi connectivity index (χ2v) is 17.1. The Labute approximate surface area is 347 Å². The molecule has 1 aliphatic rings. The van der Waals surface area contributed by atoms with Gasteiger partial charge in [0.05, 0.1) is 25.4 Å². The quantitative estimate of drug-likeness (QED) is 0.0229. The molecule has 1 saturated heterocycles. The molecular weight excluding hydrogens is 727 g/mol. The molecule has 57 heavy (non-hydrogen) atoms. The number of allylic oxidation sites excluding steroid dienone is 2. The van der Waals surface area contributed by atoms with Crippen LogP contribution < -0.4 is 5.32 Å². The van der Waals surface area contributed by atoms with E-state index in [4.69, 9.17) is 9.47 Å². The molecular formula is C46H89NO10. The Morgan fingerprint density at radius 1 is 0.649 bits per heavy atom. The number of aliphatic hydroxyl groups excluding tert-OH is 7. The summed E-state index contributed by atoms with van der Waals surface area (Å²) in [7, 11) is 0. The predicted octanol–water partition coefficient (Wildman–Crippen LogP) is 7.53. The number of aliphatic hydroxyl groups is 7. The zero-order valence-corrected chi connectivity index (χ0v) is 36.5. The third-order valence-corrected chi connectivity index (χ3v) is 11.9. The van der Waals surface area contributed by atoms with E-state index in [9.17, 15) is 40.5 Å². The van der Waals surface area contributed by atoms with Gasteiger partial charge in [-0.1, -0.05) is 174 Å². The van der Waals surface area contributed by atoms with Crippen molar-refractivity contribution in [3.05, 3.63) is 12.2 Å². The molecule has 1 heterocycles. The molecule has 1 aliphatic heterocycles. The van der Waals surface area contributed by atoms with E-state index in [1.807, 2.05) is 0 Å². The number of carbonyl (C=O) groups is 1. The van der Waals surface area contributed by atoms with Gasteiger partial charge in [0, 0.05) is 0 Å². The zero-order chi connectivity index (χ0) is 42.1. The SMILES string of the molecule is CCCCCCCC/C=C\CCCCCCCCCCC[C@@H](O)C(=O)N[C@@H](CO[C@@H]1O[C@H](CO)[C@@H](O)[C@H](O)[C@H]1O)[C@H](O)[C@H](O)CCCCCCCCCC(C)CC. The van der Waals surface area contributed by atoms with Crippen molar-refractivity contribution in [1.29, 1.82) is 0 Å². The van der Waals surface area contributed by atoms with Crippen LogP contribution in [0.5, 0.6) is 0 Å². The van der Waals surface area contributed by atoms with Crippen LogP contribution in [0, 0.1) is 5.92 Å². The van der Waals surface area contributed by atoms with E-state index < -0.39 is 74.2 Å². The first-order valence-corrected chi connectivity index (χ1v) is 23.5. The lowest BCUT2D eigenvalue weighted by molar-refractivity contribution is -0.303. The van der Waals surface area contributed by atoms with Crippen molar-refractivity contribution >= 4 is 5.91 Å². The van der Waals surface area contributed by atoms with Gasteiger partial charge in [0.1, 0.15) is 36.6 Å². The van der Waals surface area contributed by atoms with Crippen LogP contribution >= 0.6 is 0 Å². The molecule has 1 rings (SSSR count). The second-order valence-electron chi connectivity index (χ2n) is 17.1. The molecule has 0 radical (unpaired) electrons. The fourth-order valence-electron chi connectivity index (χ4n) is 7.53. The van der Waals surface area contributed by atoms with E-state index in [1.165, 1.54) is 116 Å². The zero-order valence-electron chi connectivity index (χ0n) is 36.5. The highest BCUT2D eigenvalue weighted by atomic mass is 16.7. The molecule has 10 atom stereocenters. The van der Waals surface area contributed by atoms with Crippen LogP contribution in [0.1, 0.15) is 201 Å². The van der Waals surface area contributed by atoms with Gasteiger partial charge in [-0.2, -0.15) is 0 Å². The highest BCUT2D eigenvalue weighted by Crippen LogP contribution is 2.23. The molecule has 0 bridgehead atoms. The normalized spacial score (nSPS) is 22.7. The topological polar surface area (TPSA) is 189 Å². The van der Waals surface area contributed by atoms with Crippen LogP contribution in [0.3, 0.4) is 0 Å². The van der Waals surface area contributed by atoms with Crippen LogP contribution in [0.15, 0.2) is 12.2 Å². The maximum atomic E-state index is 13.1. The number of ether oxygens (including phenoxy) is 2. The second kappa shape index (κ2) is 35.6. The number of hydrogen-bond acceptors (Lipinski definition) is 10. The lowest BCUT2D eigenvalue weighted by atomic mass is 9.98. The summed E-state index contributed by atoms with van der Waals surface area (Å²) in [6, 6.07) is -1.17. The maximum Gasteiger partial charge on any atom is 0.249 e. The minimum atomic E-state index is -1.66. The number of rotatable bonds is 38. The molecule has 338 valence electrons. The van der Waals surface area contributed by atoms with Crippen molar-refractivity contribution in [3.63, 3.8) is 0 Å². The average molecular weight is 816 g/mol. The number of nitrogens with one attached hydrogen (secondary N) is 1. The average Bonchev–Trinajstić information content (AvgIpc) is 3.21. The highest BCUT2D eigenvalue weighted by Gasteiger charge is 2.44. The summed E-state index contributed by atoms with van der Waals surface area (Å²) >= 11 is 0. The van der Waals surface area contributed by atoms with Gasteiger partial charge in [0.15, 0.2) is 6.29 Å². The molecule has 1 amide bonds. The monoisotopic (exact) mass is 816 g/mol. The van der Waals surface area contributed by atoms with Crippen molar-refractivity contribution in [2.45, 2.75) is 256 Å². The molecule has 0 spiro atoms. The fourth-order valence-corrected chi connectivity index (χ4v) is 7.53. The first kappa shape index (κ1) is 53.9. The van der Waals surface area contributed by atoms with Crippen molar-refractivity contribution in [2.24, 2.45) is 5.92 Å². The summed E-state index contributed by atoms with van der Waals surface area (Å²) in [6.45, 7) is 5.72. The molecule has 0 aromatic heterocycles. The van der Waals surface area contributed by atoms with Gasteiger partial charge < -0.3 is 50.5 Å². The first-order chi connectivity index (χ1) is 27.6. The van der Waals surface area contributed by atoms with Gasteiger partial charge in [-0.25, -0.2) is 0 Å². The van der Waals surface area contributed by atoms with E-state index in [0.717, 1.165) is 44.4 Å². The molecule has 0 aromatic carbocycles. The summed E-state index contributed by atoms with van der Waals surface area (Å²) in [5.41, 5.74) is 0. The largest absolute Gasteiger partial charge is 0.394 e. The van der Waals surface area contributed by atoms with Crippen LogP contribution in [0.2, 0.25) is 0 Å². The van der Waals surface area contributed by atoms with E-state index in [1.54, 1.807) is 0 Å². The maximum absolute atomic E-state index is 13.1. The van der Waals surface area contributed by atoms with E-state index in [-0.39, 0.29) is 6.42 Å². The molecule has 11 heteroatoms. The third kappa shape index (κ3) is 25.9. The fraction of sp³-hybridized carbons (Fsp3) is 0.935. The van der Waals surface area contributed by atoms with Gasteiger partial charge in [-0.3, -0.25) is 4.79 Å². The third-order valence-electron chi connectivity index (χ3n) is 11.9. The summed E-state index contributed by atoms with van der Waals surface area (Å²) < 4.78 is 11.1. The number of hydrogen-bond donors (Lipinski definition) is 8. The molecule has 0 saturated carbocycles. The minimum Gasteiger partial charge on any atom is -0.394 e. The summed E-state index contributed by atoms with van der Waals surface area (Å²) in [5, 5.41) is 75.6.